The van der Waals surface area contributed by atoms with Crippen molar-refractivity contribution in [2.45, 2.75) is 40.2 Å². The summed E-state index contributed by atoms with van der Waals surface area (Å²) in [5.41, 5.74) is 2.08. The first kappa shape index (κ1) is 17.0. The first-order chi connectivity index (χ1) is 9.93. The molecule has 0 saturated heterocycles. The summed E-state index contributed by atoms with van der Waals surface area (Å²) in [5, 5.41) is 2.67. The molecule has 5 nitrogen and oxygen atoms in total. The molecule has 1 rings (SSSR count). The van der Waals surface area contributed by atoms with Crippen LogP contribution in [0.5, 0.6) is 5.75 Å². The summed E-state index contributed by atoms with van der Waals surface area (Å²) in [5.74, 6) is -0.216. The molecule has 0 saturated carbocycles. The molecule has 0 aliphatic heterocycles. The summed E-state index contributed by atoms with van der Waals surface area (Å²) < 4.78 is 10.4. The minimum absolute atomic E-state index is 0.213. The van der Waals surface area contributed by atoms with E-state index in [1.54, 1.807) is 6.92 Å². The molecule has 0 aliphatic carbocycles. The SMILES string of the molecule is CCCNC(=O)[C@H](C)OC(=O)COc1ccc(C)cc1C. The number of hydrogen-bond donors (Lipinski definition) is 1. The van der Waals surface area contributed by atoms with Crippen LogP contribution in [0.15, 0.2) is 18.2 Å². The Morgan fingerprint density at radius 1 is 1.29 bits per heavy atom. The summed E-state index contributed by atoms with van der Waals surface area (Å²) in [6, 6.07) is 5.70. The van der Waals surface area contributed by atoms with Gasteiger partial charge in [0.25, 0.3) is 5.91 Å². The third kappa shape index (κ3) is 5.85. The van der Waals surface area contributed by atoms with Crippen LogP contribution in [0.25, 0.3) is 0 Å². The Bertz CT molecular complexity index is 499. The standard InChI is InChI=1S/C16H23NO4/c1-5-8-17-16(19)13(4)21-15(18)10-20-14-7-6-11(2)9-12(14)3/h6-7,9,13H,5,8,10H2,1-4H3,(H,17,19)/t13-/m0/s1. The molecule has 1 amide bonds. The topological polar surface area (TPSA) is 64.6 Å². The van der Waals surface area contributed by atoms with E-state index in [1.807, 2.05) is 39.0 Å². The van der Waals surface area contributed by atoms with Crippen molar-refractivity contribution in [1.29, 1.82) is 0 Å². The Morgan fingerprint density at radius 2 is 2.00 bits per heavy atom. The minimum Gasteiger partial charge on any atom is -0.482 e. The number of esters is 1. The lowest BCUT2D eigenvalue weighted by Crippen LogP contribution is -2.37. The molecule has 0 heterocycles. The Morgan fingerprint density at radius 3 is 2.62 bits per heavy atom. The molecule has 0 aliphatic rings. The smallest absolute Gasteiger partial charge is 0.344 e. The van der Waals surface area contributed by atoms with Crippen molar-refractivity contribution in [2.24, 2.45) is 0 Å². The van der Waals surface area contributed by atoms with E-state index in [2.05, 4.69) is 5.32 Å². The summed E-state index contributed by atoms with van der Waals surface area (Å²) in [6.45, 7) is 7.75. The molecule has 5 heteroatoms. The molecule has 1 aromatic carbocycles. The van der Waals surface area contributed by atoms with Gasteiger partial charge in [-0.1, -0.05) is 24.6 Å². The lowest BCUT2D eigenvalue weighted by molar-refractivity contribution is -0.156. The van der Waals surface area contributed by atoms with E-state index in [-0.39, 0.29) is 12.5 Å². The van der Waals surface area contributed by atoms with Crippen LogP contribution in [0, 0.1) is 13.8 Å². The molecule has 0 bridgehead atoms. The van der Waals surface area contributed by atoms with Crippen molar-refractivity contribution >= 4 is 11.9 Å². The molecule has 0 unspecified atom stereocenters. The summed E-state index contributed by atoms with van der Waals surface area (Å²) >= 11 is 0. The highest BCUT2D eigenvalue weighted by Crippen LogP contribution is 2.18. The van der Waals surface area contributed by atoms with Gasteiger partial charge in [0, 0.05) is 6.54 Å². The van der Waals surface area contributed by atoms with Crippen LogP contribution in [0.4, 0.5) is 0 Å². The van der Waals surface area contributed by atoms with Crippen molar-refractivity contribution in [3.63, 3.8) is 0 Å². The fourth-order valence-electron chi connectivity index (χ4n) is 1.77. The number of rotatable bonds is 7. The number of carbonyl (C=O) groups is 2. The van der Waals surface area contributed by atoms with Gasteiger partial charge in [0.2, 0.25) is 0 Å². The van der Waals surface area contributed by atoms with Gasteiger partial charge < -0.3 is 14.8 Å². The first-order valence-corrected chi connectivity index (χ1v) is 7.11. The van der Waals surface area contributed by atoms with Crippen LogP contribution in [0.2, 0.25) is 0 Å². The molecule has 0 aromatic heterocycles. The van der Waals surface area contributed by atoms with E-state index >= 15 is 0 Å². The molecule has 0 radical (unpaired) electrons. The van der Waals surface area contributed by atoms with Gasteiger partial charge in [-0.25, -0.2) is 4.79 Å². The Labute approximate surface area is 125 Å². The highest BCUT2D eigenvalue weighted by Gasteiger charge is 2.17. The average Bonchev–Trinajstić information content (AvgIpc) is 2.43. The van der Waals surface area contributed by atoms with Crippen molar-refractivity contribution < 1.29 is 19.1 Å². The highest BCUT2D eigenvalue weighted by molar-refractivity contribution is 5.83. The van der Waals surface area contributed by atoms with Gasteiger partial charge in [0.15, 0.2) is 12.7 Å². The number of ether oxygens (including phenoxy) is 2. The maximum atomic E-state index is 11.7. The van der Waals surface area contributed by atoms with E-state index in [0.717, 1.165) is 17.5 Å². The third-order valence-corrected chi connectivity index (χ3v) is 2.90. The maximum Gasteiger partial charge on any atom is 0.344 e. The number of aryl methyl sites for hydroxylation is 2. The molecular weight excluding hydrogens is 270 g/mol. The second-order valence-corrected chi connectivity index (χ2v) is 4.98. The Balaban J connectivity index is 2.41. The van der Waals surface area contributed by atoms with Crippen LogP contribution in [0.3, 0.4) is 0 Å². The van der Waals surface area contributed by atoms with Crippen LogP contribution < -0.4 is 10.1 Å². The number of carbonyl (C=O) groups excluding carboxylic acids is 2. The monoisotopic (exact) mass is 293 g/mol. The first-order valence-electron chi connectivity index (χ1n) is 7.11. The zero-order chi connectivity index (χ0) is 15.8. The fraction of sp³-hybridized carbons (Fsp3) is 0.500. The number of hydrogen-bond acceptors (Lipinski definition) is 4. The van der Waals surface area contributed by atoms with Gasteiger partial charge in [0.1, 0.15) is 5.75 Å². The van der Waals surface area contributed by atoms with Crippen LogP contribution >= 0.6 is 0 Å². The van der Waals surface area contributed by atoms with Gasteiger partial charge in [-0.05, 0) is 38.8 Å². The zero-order valence-corrected chi connectivity index (χ0v) is 13.1. The number of amides is 1. The molecule has 21 heavy (non-hydrogen) atoms. The molecule has 0 fully saturated rings. The van der Waals surface area contributed by atoms with Crippen molar-refractivity contribution in [3.05, 3.63) is 29.3 Å². The third-order valence-electron chi connectivity index (χ3n) is 2.90. The van der Waals surface area contributed by atoms with Crippen LogP contribution in [-0.2, 0) is 14.3 Å². The van der Waals surface area contributed by atoms with E-state index < -0.39 is 12.1 Å². The number of benzene rings is 1. The lowest BCUT2D eigenvalue weighted by atomic mass is 10.1. The van der Waals surface area contributed by atoms with Gasteiger partial charge in [-0.15, -0.1) is 0 Å². The molecule has 1 aromatic rings. The second-order valence-electron chi connectivity index (χ2n) is 4.98. The summed E-state index contributed by atoms with van der Waals surface area (Å²) in [4.78, 5) is 23.2. The average molecular weight is 293 g/mol. The minimum atomic E-state index is -0.813. The second kappa shape index (κ2) is 8.29. The molecule has 1 N–H and O–H groups in total. The van der Waals surface area contributed by atoms with Crippen LogP contribution in [-0.4, -0.2) is 31.1 Å². The van der Waals surface area contributed by atoms with Gasteiger partial charge in [0.05, 0.1) is 0 Å². The molecular formula is C16H23NO4. The predicted octanol–water partition coefficient (Wildman–Crippen LogP) is 2.14. The summed E-state index contributed by atoms with van der Waals surface area (Å²) in [6.07, 6.45) is 0.0224. The lowest BCUT2D eigenvalue weighted by Gasteiger charge is -2.14. The van der Waals surface area contributed by atoms with Gasteiger partial charge in [-0.2, -0.15) is 0 Å². The van der Waals surface area contributed by atoms with Gasteiger partial charge >= 0.3 is 5.97 Å². The molecule has 0 spiro atoms. The predicted molar refractivity (Wildman–Crippen MR) is 80.3 cm³/mol. The Hall–Kier alpha value is -2.04. The maximum absolute atomic E-state index is 11.7. The van der Waals surface area contributed by atoms with Crippen molar-refractivity contribution in [1.82, 2.24) is 5.32 Å². The van der Waals surface area contributed by atoms with Crippen LogP contribution in [0.1, 0.15) is 31.4 Å². The van der Waals surface area contributed by atoms with E-state index in [9.17, 15) is 9.59 Å². The highest BCUT2D eigenvalue weighted by atomic mass is 16.6. The quantitative estimate of drug-likeness (QED) is 0.782. The van der Waals surface area contributed by atoms with Crippen molar-refractivity contribution in [3.8, 4) is 5.75 Å². The van der Waals surface area contributed by atoms with E-state index in [0.29, 0.717) is 12.3 Å². The molecule has 116 valence electrons. The van der Waals surface area contributed by atoms with E-state index in [4.69, 9.17) is 9.47 Å². The largest absolute Gasteiger partial charge is 0.482 e. The number of nitrogens with one attached hydrogen (secondary N) is 1. The zero-order valence-electron chi connectivity index (χ0n) is 13.1. The fourth-order valence-corrected chi connectivity index (χ4v) is 1.77. The van der Waals surface area contributed by atoms with Gasteiger partial charge in [-0.3, -0.25) is 4.79 Å². The Kier molecular flexibility index (Phi) is 6.72. The summed E-state index contributed by atoms with van der Waals surface area (Å²) in [7, 11) is 0. The molecule has 1 atom stereocenters. The normalized spacial score (nSPS) is 11.6. The van der Waals surface area contributed by atoms with Crippen molar-refractivity contribution in [2.75, 3.05) is 13.2 Å². The van der Waals surface area contributed by atoms with E-state index in [1.165, 1.54) is 0 Å².